The number of aromatic nitrogens is 2. The van der Waals surface area contributed by atoms with Gasteiger partial charge in [0.25, 0.3) is 0 Å². The van der Waals surface area contributed by atoms with Crippen molar-refractivity contribution < 1.29 is 0 Å². The Bertz CT molecular complexity index is 706. The maximum absolute atomic E-state index is 9.33. The van der Waals surface area contributed by atoms with Crippen molar-refractivity contribution in [2.24, 2.45) is 0 Å². The number of nitrogens with one attached hydrogen (secondary N) is 1. The third-order valence-corrected chi connectivity index (χ3v) is 2.83. The minimum atomic E-state index is 0.687. The van der Waals surface area contributed by atoms with Gasteiger partial charge in [0.05, 0.1) is 11.3 Å². The molecule has 0 spiro atoms. The molecule has 0 fully saturated rings. The molecule has 0 aliphatic carbocycles. The first-order valence-corrected chi connectivity index (χ1v) is 5.32. The predicted molar refractivity (Wildman–Crippen MR) is 66.2 cm³/mol. The van der Waals surface area contributed by atoms with Crippen molar-refractivity contribution in [3.63, 3.8) is 0 Å². The summed E-state index contributed by atoms with van der Waals surface area (Å²) in [5, 5.41) is 18.2. The highest BCUT2D eigenvalue weighted by Gasteiger charge is 2.09. The molecule has 0 aliphatic rings. The Balaban J connectivity index is 2.38. The van der Waals surface area contributed by atoms with Crippen molar-refractivity contribution in [2.75, 3.05) is 0 Å². The normalized spacial score (nSPS) is 10.3. The summed E-state index contributed by atoms with van der Waals surface area (Å²) in [6, 6.07) is 16.0. The lowest BCUT2D eigenvalue weighted by Crippen LogP contribution is -1.87. The molecule has 3 nitrogen and oxygen atoms in total. The second-order valence-corrected chi connectivity index (χ2v) is 3.79. The van der Waals surface area contributed by atoms with Gasteiger partial charge >= 0.3 is 0 Å². The number of H-pyrrole nitrogens is 1. The lowest BCUT2D eigenvalue weighted by Gasteiger charge is -2.05. The Morgan fingerprint density at radius 3 is 2.71 bits per heavy atom. The number of benzene rings is 2. The maximum atomic E-state index is 9.33. The van der Waals surface area contributed by atoms with Gasteiger partial charge in [0.2, 0.25) is 0 Å². The summed E-state index contributed by atoms with van der Waals surface area (Å²) in [7, 11) is 0. The van der Waals surface area contributed by atoms with Crippen LogP contribution in [0.5, 0.6) is 0 Å². The largest absolute Gasteiger partial charge is 0.278 e. The SMILES string of the molecule is N#Cc1c(-c2ccn[nH]2)ccc2ccccc12. The summed E-state index contributed by atoms with van der Waals surface area (Å²) in [6.07, 6.45) is 1.69. The third kappa shape index (κ3) is 1.47. The van der Waals surface area contributed by atoms with E-state index in [0.29, 0.717) is 5.56 Å². The molecule has 0 saturated carbocycles. The summed E-state index contributed by atoms with van der Waals surface area (Å²) in [5.74, 6) is 0. The molecule has 0 unspecified atom stereocenters. The van der Waals surface area contributed by atoms with Crippen LogP contribution in [0.3, 0.4) is 0 Å². The molecular weight excluding hydrogens is 210 g/mol. The van der Waals surface area contributed by atoms with Gasteiger partial charge in [0.1, 0.15) is 6.07 Å². The van der Waals surface area contributed by atoms with E-state index in [4.69, 9.17) is 0 Å². The number of hydrogen-bond donors (Lipinski definition) is 1. The van der Waals surface area contributed by atoms with Crippen LogP contribution in [0.15, 0.2) is 48.7 Å². The highest BCUT2D eigenvalue weighted by molar-refractivity contribution is 5.93. The highest BCUT2D eigenvalue weighted by Crippen LogP contribution is 2.28. The van der Waals surface area contributed by atoms with E-state index in [-0.39, 0.29) is 0 Å². The van der Waals surface area contributed by atoms with E-state index in [0.717, 1.165) is 22.0 Å². The number of nitrogens with zero attached hydrogens (tertiary/aromatic N) is 2. The zero-order valence-corrected chi connectivity index (χ0v) is 9.01. The van der Waals surface area contributed by atoms with Gasteiger partial charge in [-0.25, -0.2) is 0 Å². The summed E-state index contributed by atoms with van der Waals surface area (Å²) < 4.78 is 0. The minimum Gasteiger partial charge on any atom is -0.278 e. The van der Waals surface area contributed by atoms with Gasteiger partial charge in [-0.15, -0.1) is 0 Å². The van der Waals surface area contributed by atoms with E-state index in [1.54, 1.807) is 6.20 Å². The average molecular weight is 219 g/mol. The van der Waals surface area contributed by atoms with Crippen molar-refractivity contribution in [1.82, 2.24) is 10.2 Å². The van der Waals surface area contributed by atoms with Crippen molar-refractivity contribution >= 4 is 10.8 Å². The number of nitriles is 1. The average Bonchev–Trinajstić information content (AvgIpc) is 2.91. The molecule has 0 atom stereocenters. The smallest absolute Gasteiger partial charge is 0.100 e. The minimum absolute atomic E-state index is 0.687. The van der Waals surface area contributed by atoms with E-state index in [9.17, 15) is 5.26 Å². The van der Waals surface area contributed by atoms with Crippen molar-refractivity contribution in [3.8, 4) is 17.3 Å². The van der Waals surface area contributed by atoms with Crippen LogP contribution in [0.2, 0.25) is 0 Å². The van der Waals surface area contributed by atoms with Gasteiger partial charge in [0.15, 0.2) is 0 Å². The number of aromatic amines is 1. The van der Waals surface area contributed by atoms with Crippen LogP contribution in [-0.2, 0) is 0 Å². The molecule has 3 rings (SSSR count). The van der Waals surface area contributed by atoms with Gasteiger partial charge in [-0.05, 0) is 11.5 Å². The standard InChI is InChI=1S/C14H9N3/c15-9-13-11-4-2-1-3-10(11)5-6-12(13)14-7-8-16-17-14/h1-8H,(H,16,17). The molecule has 1 N–H and O–H groups in total. The first-order valence-electron chi connectivity index (χ1n) is 5.32. The molecule has 0 saturated heterocycles. The molecule has 0 radical (unpaired) electrons. The zero-order chi connectivity index (χ0) is 11.7. The Hall–Kier alpha value is -2.60. The molecule has 3 aromatic rings. The quantitative estimate of drug-likeness (QED) is 0.683. The van der Waals surface area contributed by atoms with E-state index in [1.807, 2.05) is 42.5 Å². The van der Waals surface area contributed by atoms with Crippen molar-refractivity contribution in [3.05, 3.63) is 54.2 Å². The van der Waals surface area contributed by atoms with Crippen molar-refractivity contribution in [1.29, 1.82) is 5.26 Å². The van der Waals surface area contributed by atoms with E-state index in [1.165, 1.54) is 0 Å². The zero-order valence-electron chi connectivity index (χ0n) is 9.01. The third-order valence-electron chi connectivity index (χ3n) is 2.83. The van der Waals surface area contributed by atoms with E-state index in [2.05, 4.69) is 16.3 Å². The fourth-order valence-electron chi connectivity index (χ4n) is 2.02. The molecule has 1 aromatic heterocycles. The Morgan fingerprint density at radius 1 is 1.06 bits per heavy atom. The monoisotopic (exact) mass is 219 g/mol. The van der Waals surface area contributed by atoms with Crippen LogP contribution in [0, 0.1) is 11.3 Å². The van der Waals surface area contributed by atoms with Gasteiger partial charge in [-0.3, -0.25) is 5.10 Å². The first kappa shape index (κ1) is 9.61. The van der Waals surface area contributed by atoms with Crippen LogP contribution < -0.4 is 0 Å². The molecule has 0 amide bonds. The molecule has 0 aliphatic heterocycles. The fraction of sp³-hybridized carbons (Fsp3) is 0. The summed E-state index contributed by atoms with van der Waals surface area (Å²) >= 11 is 0. The van der Waals surface area contributed by atoms with E-state index >= 15 is 0 Å². The van der Waals surface area contributed by atoms with Crippen LogP contribution in [0.25, 0.3) is 22.0 Å². The number of fused-ring (bicyclic) bond motifs is 1. The van der Waals surface area contributed by atoms with Gasteiger partial charge in [-0.1, -0.05) is 36.4 Å². The van der Waals surface area contributed by atoms with Crippen LogP contribution >= 0.6 is 0 Å². The van der Waals surface area contributed by atoms with Gasteiger partial charge in [-0.2, -0.15) is 10.4 Å². The lowest BCUT2D eigenvalue weighted by molar-refractivity contribution is 1.09. The van der Waals surface area contributed by atoms with Crippen molar-refractivity contribution in [2.45, 2.75) is 0 Å². The predicted octanol–water partition coefficient (Wildman–Crippen LogP) is 3.10. The molecule has 2 aromatic carbocycles. The Labute approximate surface area is 98.3 Å². The number of rotatable bonds is 1. The summed E-state index contributed by atoms with van der Waals surface area (Å²) in [5.41, 5.74) is 2.45. The maximum Gasteiger partial charge on any atom is 0.100 e. The molecule has 1 heterocycles. The molecular formula is C14H9N3. The van der Waals surface area contributed by atoms with Crippen LogP contribution in [-0.4, -0.2) is 10.2 Å². The number of hydrogen-bond acceptors (Lipinski definition) is 2. The molecule has 3 heteroatoms. The van der Waals surface area contributed by atoms with Crippen LogP contribution in [0.1, 0.15) is 5.56 Å². The topological polar surface area (TPSA) is 52.5 Å². The first-order chi connectivity index (χ1) is 8.40. The Kier molecular flexibility index (Phi) is 2.13. The fourth-order valence-corrected chi connectivity index (χ4v) is 2.02. The second-order valence-electron chi connectivity index (χ2n) is 3.79. The van der Waals surface area contributed by atoms with Crippen LogP contribution in [0.4, 0.5) is 0 Å². The highest BCUT2D eigenvalue weighted by atomic mass is 15.1. The van der Waals surface area contributed by atoms with Gasteiger partial charge < -0.3 is 0 Å². The summed E-state index contributed by atoms with van der Waals surface area (Å²) in [4.78, 5) is 0. The molecule has 17 heavy (non-hydrogen) atoms. The molecule has 0 bridgehead atoms. The summed E-state index contributed by atoms with van der Waals surface area (Å²) in [6.45, 7) is 0. The lowest BCUT2D eigenvalue weighted by atomic mass is 9.98. The molecule has 80 valence electrons. The van der Waals surface area contributed by atoms with Gasteiger partial charge in [0, 0.05) is 17.1 Å². The Morgan fingerprint density at radius 2 is 1.94 bits per heavy atom. The second kappa shape index (κ2) is 3.76. The van der Waals surface area contributed by atoms with E-state index < -0.39 is 0 Å².